The molecule has 3 aromatic rings. The van der Waals surface area contributed by atoms with Gasteiger partial charge in [0.05, 0.1) is 0 Å². The zero-order valence-electron chi connectivity index (χ0n) is 10.5. The first-order chi connectivity index (χ1) is 9.16. The lowest BCUT2D eigenvalue weighted by Crippen LogP contribution is -2.03. The van der Waals surface area contributed by atoms with E-state index in [0.717, 1.165) is 16.5 Å². The van der Waals surface area contributed by atoms with Crippen molar-refractivity contribution in [1.82, 2.24) is 4.98 Å². The molecular weight excluding hydrogens is 241 g/mol. The summed E-state index contributed by atoms with van der Waals surface area (Å²) in [7, 11) is 0. The molecule has 1 atom stereocenters. The Morgan fingerprint density at radius 3 is 2.79 bits per heavy atom. The van der Waals surface area contributed by atoms with Gasteiger partial charge in [0.2, 0.25) is 0 Å². The molecule has 0 fully saturated rings. The van der Waals surface area contributed by atoms with Gasteiger partial charge in [0.15, 0.2) is 0 Å². The number of H-pyrrole nitrogens is 1. The van der Waals surface area contributed by atoms with Crippen molar-refractivity contribution < 1.29 is 9.50 Å². The van der Waals surface area contributed by atoms with Crippen LogP contribution >= 0.6 is 0 Å². The molecule has 2 nitrogen and oxygen atoms in total. The van der Waals surface area contributed by atoms with E-state index in [1.807, 2.05) is 37.4 Å². The van der Waals surface area contributed by atoms with Gasteiger partial charge in [0, 0.05) is 22.7 Å². The van der Waals surface area contributed by atoms with Crippen molar-refractivity contribution in [3.63, 3.8) is 0 Å². The van der Waals surface area contributed by atoms with Gasteiger partial charge in [0.25, 0.3) is 0 Å². The summed E-state index contributed by atoms with van der Waals surface area (Å²) in [6.07, 6.45) is 0.854. The molecule has 0 aliphatic carbocycles. The van der Waals surface area contributed by atoms with E-state index < -0.39 is 6.10 Å². The zero-order valence-corrected chi connectivity index (χ0v) is 10.5. The second kappa shape index (κ2) is 4.52. The minimum Gasteiger partial charge on any atom is -0.384 e. The van der Waals surface area contributed by atoms with Crippen LogP contribution in [0.15, 0.2) is 48.7 Å². The van der Waals surface area contributed by atoms with Crippen LogP contribution in [-0.2, 0) is 0 Å². The van der Waals surface area contributed by atoms with Crippen LogP contribution in [0.25, 0.3) is 10.9 Å². The molecule has 96 valence electrons. The van der Waals surface area contributed by atoms with Crippen molar-refractivity contribution in [2.45, 2.75) is 13.0 Å². The van der Waals surface area contributed by atoms with Gasteiger partial charge in [-0.2, -0.15) is 0 Å². The fourth-order valence-electron chi connectivity index (χ4n) is 2.39. The summed E-state index contributed by atoms with van der Waals surface area (Å²) in [5.41, 5.74) is 2.89. The second-order valence-corrected chi connectivity index (χ2v) is 4.71. The first kappa shape index (κ1) is 11.9. The SMILES string of the molecule is Cc1ccc(F)c(C(O)c2cccc3[nH]ccc23)c1. The molecule has 1 heterocycles. The molecule has 1 unspecified atom stereocenters. The van der Waals surface area contributed by atoms with Crippen molar-refractivity contribution >= 4 is 10.9 Å². The van der Waals surface area contributed by atoms with Gasteiger partial charge in [-0.1, -0.05) is 29.8 Å². The third-order valence-corrected chi connectivity index (χ3v) is 3.37. The second-order valence-electron chi connectivity index (χ2n) is 4.71. The third kappa shape index (κ3) is 2.02. The van der Waals surface area contributed by atoms with E-state index in [1.54, 1.807) is 12.1 Å². The topological polar surface area (TPSA) is 36.0 Å². The summed E-state index contributed by atoms with van der Waals surface area (Å²) in [4.78, 5) is 3.09. The molecule has 2 N–H and O–H groups in total. The smallest absolute Gasteiger partial charge is 0.129 e. The average molecular weight is 255 g/mol. The van der Waals surface area contributed by atoms with Crippen LogP contribution in [0.5, 0.6) is 0 Å². The number of hydrogen-bond acceptors (Lipinski definition) is 1. The van der Waals surface area contributed by atoms with Crippen molar-refractivity contribution in [3.05, 3.63) is 71.2 Å². The maximum Gasteiger partial charge on any atom is 0.129 e. The third-order valence-electron chi connectivity index (χ3n) is 3.37. The standard InChI is InChI=1S/C16H14FNO/c1-10-5-6-14(17)13(9-10)16(19)12-3-2-4-15-11(12)7-8-18-15/h2-9,16,18-19H,1H3. The van der Waals surface area contributed by atoms with E-state index in [-0.39, 0.29) is 5.82 Å². The molecule has 0 bridgehead atoms. The van der Waals surface area contributed by atoms with Gasteiger partial charge >= 0.3 is 0 Å². The Kier molecular flexibility index (Phi) is 2.84. The van der Waals surface area contributed by atoms with E-state index in [9.17, 15) is 9.50 Å². The van der Waals surface area contributed by atoms with Crippen molar-refractivity contribution in [1.29, 1.82) is 0 Å². The molecule has 0 spiro atoms. The van der Waals surface area contributed by atoms with Crippen LogP contribution in [0.3, 0.4) is 0 Å². The van der Waals surface area contributed by atoms with E-state index in [2.05, 4.69) is 4.98 Å². The van der Waals surface area contributed by atoms with Crippen LogP contribution in [0.4, 0.5) is 4.39 Å². The molecule has 19 heavy (non-hydrogen) atoms. The van der Waals surface area contributed by atoms with E-state index >= 15 is 0 Å². The maximum atomic E-state index is 13.9. The maximum absolute atomic E-state index is 13.9. The number of aliphatic hydroxyl groups excluding tert-OH is 1. The number of aliphatic hydroxyl groups is 1. The number of rotatable bonds is 2. The van der Waals surface area contributed by atoms with Crippen LogP contribution < -0.4 is 0 Å². The number of halogens is 1. The summed E-state index contributed by atoms with van der Waals surface area (Å²) >= 11 is 0. The Balaban J connectivity index is 2.15. The molecule has 0 amide bonds. The first-order valence-electron chi connectivity index (χ1n) is 6.17. The van der Waals surface area contributed by atoms with Gasteiger partial charge in [-0.15, -0.1) is 0 Å². The predicted molar refractivity (Wildman–Crippen MR) is 73.5 cm³/mol. The summed E-state index contributed by atoms with van der Waals surface area (Å²) in [6, 6.07) is 12.3. The van der Waals surface area contributed by atoms with E-state index in [0.29, 0.717) is 11.1 Å². The molecule has 1 aromatic heterocycles. The van der Waals surface area contributed by atoms with Crippen molar-refractivity contribution in [2.75, 3.05) is 0 Å². The number of nitrogens with one attached hydrogen (secondary N) is 1. The number of aryl methyl sites for hydroxylation is 1. The molecule has 0 radical (unpaired) electrons. The van der Waals surface area contributed by atoms with Gasteiger partial charge in [-0.05, 0) is 30.7 Å². The molecule has 0 saturated heterocycles. The first-order valence-corrected chi connectivity index (χ1v) is 6.17. The summed E-state index contributed by atoms with van der Waals surface area (Å²) in [6.45, 7) is 1.88. The highest BCUT2D eigenvalue weighted by Crippen LogP contribution is 2.30. The summed E-state index contributed by atoms with van der Waals surface area (Å²) in [5, 5.41) is 11.4. The molecule has 3 rings (SSSR count). The lowest BCUT2D eigenvalue weighted by Gasteiger charge is -2.14. The highest BCUT2D eigenvalue weighted by atomic mass is 19.1. The highest BCUT2D eigenvalue weighted by molar-refractivity contribution is 5.83. The van der Waals surface area contributed by atoms with Crippen LogP contribution in [-0.4, -0.2) is 10.1 Å². The predicted octanol–water partition coefficient (Wildman–Crippen LogP) is 3.70. The number of aromatic amines is 1. The normalized spacial score (nSPS) is 12.8. The van der Waals surface area contributed by atoms with Gasteiger partial charge in [0.1, 0.15) is 11.9 Å². The molecule has 0 saturated carbocycles. The van der Waals surface area contributed by atoms with E-state index in [4.69, 9.17) is 0 Å². The minimum atomic E-state index is -0.959. The average Bonchev–Trinajstić information content (AvgIpc) is 2.89. The van der Waals surface area contributed by atoms with Crippen molar-refractivity contribution in [3.8, 4) is 0 Å². The Hall–Kier alpha value is -2.13. The lowest BCUT2D eigenvalue weighted by molar-refractivity contribution is 0.216. The molecule has 0 aliphatic heterocycles. The Morgan fingerprint density at radius 1 is 1.11 bits per heavy atom. The Labute approximate surface area is 110 Å². The summed E-state index contributed by atoms with van der Waals surface area (Å²) < 4.78 is 13.9. The van der Waals surface area contributed by atoms with Gasteiger partial charge in [-0.3, -0.25) is 0 Å². The van der Waals surface area contributed by atoms with Crippen LogP contribution in [0.1, 0.15) is 22.8 Å². The largest absolute Gasteiger partial charge is 0.384 e. The van der Waals surface area contributed by atoms with E-state index in [1.165, 1.54) is 6.07 Å². The molecule has 0 aliphatic rings. The number of hydrogen-bond donors (Lipinski definition) is 2. The molecular formula is C16H14FNO. The number of benzene rings is 2. The monoisotopic (exact) mass is 255 g/mol. The Bertz CT molecular complexity index is 732. The molecule has 2 aromatic carbocycles. The summed E-state index contributed by atoms with van der Waals surface area (Å²) in [5.74, 6) is -0.384. The molecule has 3 heteroatoms. The number of aromatic nitrogens is 1. The fraction of sp³-hybridized carbons (Fsp3) is 0.125. The Morgan fingerprint density at radius 2 is 1.95 bits per heavy atom. The van der Waals surface area contributed by atoms with Gasteiger partial charge in [-0.25, -0.2) is 4.39 Å². The highest BCUT2D eigenvalue weighted by Gasteiger charge is 2.17. The fourth-order valence-corrected chi connectivity index (χ4v) is 2.39. The zero-order chi connectivity index (χ0) is 13.4. The van der Waals surface area contributed by atoms with Gasteiger partial charge < -0.3 is 10.1 Å². The van der Waals surface area contributed by atoms with Crippen molar-refractivity contribution in [2.24, 2.45) is 0 Å². The lowest BCUT2D eigenvalue weighted by atomic mass is 9.97. The van der Waals surface area contributed by atoms with Crippen LogP contribution in [0, 0.1) is 12.7 Å². The number of fused-ring (bicyclic) bond motifs is 1. The van der Waals surface area contributed by atoms with Crippen LogP contribution in [0.2, 0.25) is 0 Å². The minimum absolute atomic E-state index is 0.314. The quantitative estimate of drug-likeness (QED) is 0.719.